The van der Waals surface area contributed by atoms with Crippen LogP contribution < -0.4 is 10.0 Å². The Kier molecular flexibility index (Phi) is 6.89. The molecule has 0 aliphatic rings. The van der Waals surface area contributed by atoms with Crippen LogP contribution in [0.5, 0.6) is 0 Å². The van der Waals surface area contributed by atoms with Gasteiger partial charge >= 0.3 is 0 Å². The van der Waals surface area contributed by atoms with Gasteiger partial charge in [-0.05, 0) is 38.8 Å². The molecule has 0 bridgehead atoms. The molecule has 0 aliphatic heterocycles. The number of unbranched alkanes of at least 4 members (excludes halogenated alkanes) is 1. The van der Waals surface area contributed by atoms with Crippen LogP contribution in [0.2, 0.25) is 0 Å². The van der Waals surface area contributed by atoms with E-state index < -0.39 is 26.9 Å². The molecule has 22 heavy (non-hydrogen) atoms. The molecule has 0 saturated heterocycles. The number of rotatable bonds is 8. The Morgan fingerprint density at radius 1 is 1.14 bits per heavy atom. The fraction of sp³-hybridized carbons (Fsp3) is 0.500. The lowest BCUT2D eigenvalue weighted by Gasteiger charge is -2.09. The normalized spacial score (nSPS) is 11.7. The van der Waals surface area contributed by atoms with Crippen LogP contribution >= 0.6 is 0 Å². The van der Waals surface area contributed by atoms with Gasteiger partial charge < -0.3 is 5.32 Å². The molecule has 0 aliphatic carbocycles. The van der Waals surface area contributed by atoms with Gasteiger partial charge in [0.25, 0.3) is 0 Å². The summed E-state index contributed by atoms with van der Waals surface area (Å²) in [7, 11) is -3.29. The highest BCUT2D eigenvalue weighted by atomic mass is 32.2. The van der Waals surface area contributed by atoms with Crippen LogP contribution in [0.25, 0.3) is 0 Å². The first-order valence-corrected chi connectivity index (χ1v) is 8.50. The van der Waals surface area contributed by atoms with E-state index in [2.05, 4.69) is 10.0 Å². The average molecular weight is 334 g/mol. The number of amides is 1. The van der Waals surface area contributed by atoms with Crippen molar-refractivity contribution >= 4 is 21.6 Å². The fourth-order valence-corrected chi connectivity index (χ4v) is 2.40. The third kappa shape index (κ3) is 6.48. The number of benzene rings is 1. The first-order valence-electron chi connectivity index (χ1n) is 6.95. The summed E-state index contributed by atoms with van der Waals surface area (Å²) in [6.45, 7) is 3.41. The molecule has 124 valence electrons. The van der Waals surface area contributed by atoms with Crippen molar-refractivity contribution in [3.05, 3.63) is 29.8 Å². The maximum absolute atomic E-state index is 13.0. The topological polar surface area (TPSA) is 75.3 Å². The summed E-state index contributed by atoms with van der Waals surface area (Å²) in [6.07, 6.45) is 1.10. The van der Waals surface area contributed by atoms with Crippen molar-refractivity contribution < 1.29 is 22.0 Å². The molecule has 1 aromatic rings. The zero-order valence-electron chi connectivity index (χ0n) is 12.5. The van der Waals surface area contributed by atoms with Crippen LogP contribution in [0, 0.1) is 11.6 Å². The molecule has 0 radical (unpaired) electrons. The molecule has 0 aromatic heterocycles. The fourth-order valence-electron chi connectivity index (χ4n) is 1.64. The molecular weight excluding hydrogens is 314 g/mol. The number of hydrogen-bond acceptors (Lipinski definition) is 3. The van der Waals surface area contributed by atoms with E-state index in [1.807, 2.05) is 0 Å². The molecule has 1 amide bonds. The van der Waals surface area contributed by atoms with Crippen molar-refractivity contribution in [3.8, 4) is 0 Å². The summed E-state index contributed by atoms with van der Waals surface area (Å²) in [5.41, 5.74) is 0.0583. The zero-order valence-corrected chi connectivity index (χ0v) is 13.3. The van der Waals surface area contributed by atoms with Crippen molar-refractivity contribution in [2.45, 2.75) is 38.4 Å². The highest BCUT2D eigenvalue weighted by Gasteiger charge is 2.14. The van der Waals surface area contributed by atoms with E-state index in [9.17, 15) is 22.0 Å². The van der Waals surface area contributed by atoms with Gasteiger partial charge in [0.1, 0.15) is 11.6 Å². The predicted molar refractivity (Wildman–Crippen MR) is 80.9 cm³/mol. The van der Waals surface area contributed by atoms with Crippen molar-refractivity contribution in [3.63, 3.8) is 0 Å². The number of hydrogen-bond donors (Lipinski definition) is 2. The smallest absolute Gasteiger partial charge is 0.224 e. The van der Waals surface area contributed by atoms with Crippen LogP contribution in [0.4, 0.5) is 14.5 Å². The van der Waals surface area contributed by atoms with Crippen LogP contribution in [-0.4, -0.2) is 26.1 Å². The van der Waals surface area contributed by atoms with E-state index in [1.165, 1.54) is 0 Å². The lowest BCUT2D eigenvalue weighted by Crippen LogP contribution is -2.31. The first-order chi connectivity index (χ1) is 10.2. The Morgan fingerprint density at radius 2 is 1.73 bits per heavy atom. The minimum Gasteiger partial charge on any atom is -0.326 e. The van der Waals surface area contributed by atoms with Gasteiger partial charge in [0.05, 0.1) is 5.25 Å². The van der Waals surface area contributed by atoms with Gasteiger partial charge in [0.15, 0.2) is 0 Å². The van der Waals surface area contributed by atoms with Gasteiger partial charge in [-0.3, -0.25) is 4.79 Å². The largest absolute Gasteiger partial charge is 0.326 e. The van der Waals surface area contributed by atoms with Gasteiger partial charge in [-0.2, -0.15) is 0 Å². The number of carbonyl (C=O) groups excluding carboxylic acids is 1. The third-order valence-corrected chi connectivity index (χ3v) is 4.75. The van der Waals surface area contributed by atoms with E-state index >= 15 is 0 Å². The number of halogens is 2. The second kappa shape index (κ2) is 8.19. The van der Waals surface area contributed by atoms with Crippen molar-refractivity contribution in [1.29, 1.82) is 0 Å². The quantitative estimate of drug-likeness (QED) is 0.717. The van der Waals surface area contributed by atoms with Gasteiger partial charge in [-0.25, -0.2) is 21.9 Å². The highest BCUT2D eigenvalue weighted by molar-refractivity contribution is 7.90. The molecule has 0 unspecified atom stereocenters. The molecule has 1 rings (SSSR count). The van der Waals surface area contributed by atoms with Gasteiger partial charge in [-0.1, -0.05) is 0 Å². The average Bonchev–Trinajstić information content (AvgIpc) is 2.36. The Labute approximate surface area is 129 Å². The second-order valence-corrected chi connectivity index (χ2v) is 7.47. The van der Waals surface area contributed by atoms with E-state index in [-0.39, 0.29) is 24.6 Å². The predicted octanol–water partition coefficient (Wildman–Crippen LogP) is 2.40. The Hall–Kier alpha value is -1.54. The first kappa shape index (κ1) is 18.5. The molecule has 0 saturated carbocycles. The standard InChI is InChI=1S/C14H20F2N2O3S/c1-10(2)22(20,21)17-6-4-3-5-14(19)18-13-8-11(15)7-12(16)9-13/h7-10,17H,3-6H2,1-2H3,(H,18,19). The van der Waals surface area contributed by atoms with E-state index in [4.69, 9.17) is 0 Å². The number of nitrogens with one attached hydrogen (secondary N) is 2. The minimum absolute atomic E-state index is 0.0583. The summed E-state index contributed by atoms with van der Waals surface area (Å²) in [5, 5.41) is 1.89. The van der Waals surface area contributed by atoms with E-state index in [0.717, 1.165) is 18.2 Å². The highest BCUT2D eigenvalue weighted by Crippen LogP contribution is 2.13. The molecular formula is C14H20F2N2O3S. The van der Waals surface area contributed by atoms with Crippen LogP contribution in [0.3, 0.4) is 0 Å². The SMILES string of the molecule is CC(C)S(=O)(=O)NCCCCC(=O)Nc1cc(F)cc(F)c1. The molecule has 2 N–H and O–H groups in total. The summed E-state index contributed by atoms with van der Waals surface area (Å²) in [4.78, 5) is 11.6. The van der Waals surface area contributed by atoms with Crippen molar-refractivity contribution in [2.75, 3.05) is 11.9 Å². The Balaban J connectivity index is 2.29. The molecule has 0 spiro atoms. The number of carbonyl (C=O) groups is 1. The molecule has 1 aromatic carbocycles. The lowest BCUT2D eigenvalue weighted by molar-refractivity contribution is -0.116. The van der Waals surface area contributed by atoms with E-state index in [1.54, 1.807) is 13.8 Å². The molecule has 0 heterocycles. The van der Waals surface area contributed by atoms with Gasteiger partial charge in [0.2, 0.25) is 15.9 Å². The maximum atomic E-state index is 13.0. The van der Waals surface area contributed by atoms with Crippen LogP contribution in [0.1, 0.15) is 33.1 Å². The monoisotopic (exact) mass is 334 g/mol. The van der Waals surface area contributed by atoms with Crippen molar-refractivity contribution in [1.82, 2.24) is 4.72 Å². The van der Waals surface area contributed by atoms with E-state index in [0.29, 0.717) is 12.8 Å². The summed E-state index contributed by atoms with van der Waals surface area (Å²) in [6, 6.07) is 2.77. The Bertz CT molecular complexity index is 598. The second-order valence-electron chi connectivity index (χ2n) is 5.15. The van der Waals surface area contributed by atoms with Crippen molar-refractivity contribution in [2.24, 2.45) is 0 Å². The molecule has 8 heteroatoms. The lowest BCUT2D eigenvalue weighted by atomic mass is 10.2. The molecule has 0 fully saturated rings. The summed E-state index contributed by atoms with van der Waals surface area (Å²) >= 11 is 0. The molecule has 5 nitrogen and oxygen atoms in total. The van der Waals surface area contributed by atoms with Crippen LogP contribution in [0.15, 0.2) is 18.2 Å². The maximum Gasteiger partial charge on any atom is 0.224 e. The summed E-state index contributed by atoms with van der Waals surface area (Å²) in [5.74, 6) is -1.91. The number of sulfonamides is 1. The summed E-state index contributed by atoms with van der Waals surface area (Å²) < 4.78 is 51.3. The minimum atomic E-state index is -3.29. The van der Waals surface area contributed by atoms with Crippen LogP contribution in [-0.2, 0) is 14.8 Å². The molecule has 0 atom stereocenters. The zero-order chi connectivity index (χ0) is 16.8. The van der Waals surface area contributed by atoms with Gasteiger partial charge in [-0.15, -0.1) is 0 Å². The Morgan fingerprint density at radius 3 is 2.27 bits per heavy atom. The third-order valence-electron chi connectivity index (χ3n) is 2.90. The number of anilines is 1. The van der Waals surface area contributed by atoms with Gasteiger partial charge in [0, 0.05) is 24.7 Å².